The highest BCUT2D eigenvalue weighted by Gasteiger charge is 2.23. The van der Waals surface area contributed by atoms with Crippen molar-refractivity contribution in [2.75, 3.05) is 11.9 Å². The summed E-state index contributed by atoms with van der Waals surface area (Å²) in [5.74, 6) is -1.55. The molecular formula is C16H19N3O4. The number of aryl methyl sites for hydroxylation is 1. The third kappa shape index (κ3) is 5.55. The summed E-state index contributed by atoms with van der Waals surface area (Å²) in [6, 6.07) is 11.1. The lowest BCUT2D eigenvalue weighted by Gasteiger charge is -2.23. The molecule has 2 rings (SSSR count). The summed E-state index contributed by atoms with van der Waals surface area (Å²) in [5, 5.41) is 18.5. The van der Waals surface area contributed by atoms with Crippen LogP contribution in [0.1, 0.15) is 18.9 Å². The van der Waals surface area contributed by atoms with Crippen molar-refractivity contribution in [3.63, 3.8) is 0 Å². The van der Waals surface area contributed by atoms with Gasteiger partial charge in [-0.1, -0.05) is 35.5 Å². The molecule has 2 amide bonds. The van der Waals surface area contributed by atoms with Crippen molar-refractivity contribution in [3.05, 3.63) is 48.2 Å². The van der Waals surface area contributed by atoms with Gasteiger partial charge < -0.3 is 14.9 Å². The minimum atomic E-state index is -1.11. The van der Waals surface area contributed by atoms with Crippen molar-refractivity contribution in [2.24, 2.45) is 0 Å². The average Bonchev–Trinajstić information content (AvgIpc) is 3.05. The van der Waals surface area contributed by atoms with Crippen molar-refractivity contribution in [2.45, 2.75) is 25.4 Å². The number of nitrogens with zero attached hydrogens (tertiary/aromatic N) is 1. The van der Waals surface area contributed by atoms with Gasteiger partial charge in [0, 0.05) is 12.6 Å². The molecule has 0 bridgehead atoms. The number of aromatic nitrogens is 1. The molecule has 0 radical (unpaired) electrons. The fraction of sp³-hybridized carbons (Fsp3) is 0.312. The van der Waals surface area contributed by atoms with Crippen LogP contribution in [0.15, 0.2) is 47.2 Å². The number of carbonyl (C=O) groups excluding carboxylic acids is 2. The maximum Gasteiger partial charge on any atom is 0.314 e. The van der Waals surface area contributed by atoms with Gasteiger partial charge in [-0.15, -0.1) is 0 Å². The summed E-state index contributed by atoms with van der Waals surface area (Å²) in [5.41, 5.74) is -0.0116. The van der Waals surface area contributed by atoms with Crippen LogP contribution in [0.3, 0.4) is 0 Å². The Labute approximate surface area is 133 Å². The Morgan fingerprint density at radius 1 is 1.22 bits per heavy atom. The highest BCUT2D eigenvalue weighted by atomic mass is 16.5. The van der Waals surface area contributed by atoms with Crippen molar-refractivity contribution < 1.29 is 19.2 Å². The van der Waals surface area contributed by atoms with Gasteiger partial charge >= 0.3 is 11.8 Å². The standard InChI is InChI=1S/C16H19N3O4/c1-16(22,9-7-12-5-3-2-4-6-12)11-17-14(20)15(21)18-13-8-10-23-19-13/h2-6,8,10,22H,7,9,11H2,1H3,(H,17,20)(H,18,19,21). The first-order valence-electron chi connectivity index (χ1n) is 7.22. The fourth-order valence-corrected chi connectivity index (χ4v) is 1.95. The van der Waals surface area contributed by atoms with Gasteiger partial charge in [-0.2, -0.15) is 0 Å². The lowest BCUT2D eigenvalue weighted by atomic mass is 9.97. The SMILES string of the molecule is CC(O)(CCc1ccccc1)CNC(=O)C(=O)Nc1ccon1. The number of carbonyl (C=O) groups is 2. The van der Waals surface area contributed by atoms with E-state index in [1.54, 1.807) is 6.92 Å². The summed E-state index contributed by atoms with van der Waals surface area (Å²) >= 11 is 0. The third-order valence-electron chi connectivity index (χ3n) is 3.31. The Kier molecular flexibility index (Phi) is 5.48. The van der Waals surface area contributed by atoms with Gasteiger partial charge in [0.15, 0.2) is 5.82 Å². The van der Waals surface area contributed by atoms with Crippen LogP contribution in [0.2, 0.25) is 0 Å². The molecule has 1 heterocycles. The third-order valence-corrected chi connectivity index (χ3v) is 3.31. The van der Waals surface area contributed by atoms with E-state index in [1.807, 2.05) is 30.3 Å². The van der Waals surface area contributed by atoms with Crippen LogP contribution >= 0.6 is 0 Å². The number of benzene rings is 1. The zero-order valence-corrected chi connectivity index (χ0v) is 12.8. The predicted molar refractivity (Wildman–Crippen MR) is 83.5 cm³/mol. The average molecular weight is 317 g/mol. The number of nitrogens with one attached hydrogen (secondary N) is 2. The molecule has 2 aromatic rings. The molecule has 1 aromatic carbocycles. The van der Waals surface area contributed by atoms with E-state index in [1.165, 1.54) is 12.3 Å². The summed E-state index contributed by atoms with van der Waals surface area (Å²) in [6.07, 6.45) is 2.42. The van der Waals surface area contributed by atoms with Crippen LogP contribution in [-0.2, 0) is 16.0 Å². The van der Waals surface area contributed by atoms with Crippen molar-refractivity contribution in [1.29, 1.82) is 0 Å². The largest absolute Gasteiger partial charge is 0.388 e. The first kappa shape index (κ1) is 16.7. The highest BCUT2D eigenvalue weighted by molar-refractivity contribution is 6.39. The van der Waals surface area contributed by atoms with Crippen LogP contribution in [-0.4, -0.2) is 34.2 Å². The molecule has 23 heavy (non-hydrogen) atoms. The first-order valence-corrected chi connectivity index (χ1v) is 7.22. The molecule has 7 heteroatoms. The Bertz CT molecular complexity index is 639. The molecule has 0 saturated carbocycles. The van der Waals surface area contributed by atoms with Crippen LogP contribution < -0.4 is 10.6 Å². The summed E-state index contributed by atoms with van der Waals surface area (Å²) in [7, 11) is 0. The quantitative estimate of drug-likeness (QED) is 0.692. The van der Waals surface area contributed by atoms with E-state index in [0.717, 1.165) is 5.56 Å². The number of rotatable bonds is 6. The molecular weight excluding hydrogens is 298 g/mol. The topological polar surface area (TPSA) is 104 Å². The lowest BCUT2D eigenvalue weighted by molar-refractivity contribution is -0.136. The molecule has 3 N–H and O–H groups in total. The van der Waals surface area contributed by atoms with Gasteiger partial charge in [-0.25, -0.2) is 0 Å². The Hall–Kier alpha value is -2.67. The number of hydrogen-bond donors (Lipinski definition) is 3. The van der Waals surface area contributed by atoms with E-state index in [4.69, 9.17) is 0 Å². The van der Waals surface area contributed by atoms with E-state index in [0.29, 0.717) is 12.8 Å². The fourth-order valence-electron chi connectivity index (χ4n) is 1.95. The van der Waals surface area contributed by atoms with E-state index in [-0.39, 0.29) is 12.4 Å². The number of aliphatic hydroxyl groups is 1. The van der Waals surface area contributed by atoms with Gasteiger partial charge in [0.2, 0.25) is 0 Å². The smallest absolute Gasteiger partial charge is 0.314 e. The summed E-state index contributed by atoms with van der Waals surface area (Å²) in [6.45, 7) is 1.59. The van der Waals surface area contributed by atoms with Gasteiger partial charge in [0.05, 0.1) is 5.60 Å². The molecule has 0 aliphatic rings. The molecule has 0 spiro atoms. The zero-order valence-electron chi connectivity index (χ0n) is 12.8. The number of hydrogen-bond acceptors (Lipinski definition) is 5. The van der Waals surface area contributed by atoms with E-state index < -0.39 is 17.4 Å². The second kappa shape index (κ2) is 7.55. The zero-order chi connectivity index (χ0) is 16.7. The molecule has 0 aliphatic heterocycles. The molecule has 0 saturated heterocycles. The Morgan fingerprint density at radius 3 is 2.61 bits per heavy atom. The maximum atomic E-state index is 11.7. The summed E-state index contributed by atoms with van der Waals surface area (Å²) in [4.78, 5) is 23.3. The molecule has 1 unspecified atom stereocenters. The van der Waals surface area contributed by atoms with Gasteiger partial charge in [-0.05, 0) is 25.3 Å². The van der Waals surface area contributed by atoms with Crippen molar-refractivity contribution in [3.8, 4) is 0 Å². The van der Waals surface area contributed by atoms with Gasteiger partial charge in [0.1, 0.15) is 6.26 Å². The van der Waals surface area contributed by atoms with Crippen molar-refractivity contribution >= 4 is 17.6 Å². The highest BCUT2D eigenvalue weighted by Crippen LogP contribution is 2.13. The maximum absolute atomic E-state index is 11.7. The monoisotopic (exact) mass is 317 g/mol. The minimum absolute atomic E-state index is 0.0229. The molecule has 122 valence electrons. The second-order valence-corrected chi connectivity index (χ2v) is 5.50. The van der Waals surface area contributed by atoms with Crippen LogP contribution in [0.5, 0.6) is 0 Å². The van der Waals surface area contributed by atoms with E-state index in [9.17, 15) is 14.7 Å². The van der Waals surface area contributed by atoms with Gasteiger partial charge in [-0.3, -0.25) is 14.9 Å². The molecule has 0 fully saturated rings. The predicted octanol–water partition coefficient (Wildman–Crippen LogP) is 1.11. The number of amides is 2. The van der Waals surface area contributed by atoms with Gasteiger partial charge in [0.25, 0.3) is 0 Å². The minimum Gasteiger partial charge on any atom is -0.388 e. The normalized spacial score (nSPS) is 13.1. The van der Waals surface area contributed by atoms with Crippen LogP contribution in [0.25, 0.3) is 0 Å². The number of anilines is 1. The van der Waals surface area contributed by atoms with E-state index >= 15 is 0 Å². The summed E-state index contributed by atoms with van der Waals surface area (Å²) < 4.78 is 4.55. The second-order valence-electron chi connectivity index (χ2n) is 5.50. The van der Waals surface area contributed by atoms with E-state index in [2.05, 4.69) is 20.3 Å². The lowest BCUT2D eigenvalue weighted by Crippen LogP contribution is -2.44. The Balaban J connectivity index is 1.76. The van der Waals surface area contributed by atoms with Crippen molar-refractivity contribution in [1.82, 2.24) is 10.5 Å². The molecule has 1 atom stereocenters. The Morgan fingerprint density at radius 2 is 1.96 bits per heavy atom. The van der Waals surface area contributed by atoms with Crippen LogP contribution in [0.4, 0.5) is 5.82 Å². The molecule has 1 aromatic heterocycles. The molecule has 7 nitrogen and oxygen atoms in total. The van der Waals surface area contributed by atoms with Crippen LogP contribution in [0, 0.1) is 0 Å². The molecule has 0 aliphatic carbocycles. The first-order chi connectivity index (χ1) is 11.0.